The SMILES string of the molecule is CCCCCCCCCCCC/C=C/C(O)C(CS(=O)(=O)O)NC(=O)CCCCCCCCCCCCCCCCCCC. The molecule has 7 heteroatoms. The third-order valence-electron chi connectivity index (χ3n) is 8.71. The maximum atomic E-state index is 12.5. The van der Waals surface area contributed by atoms with Crippen molar-refractivity contribution >= 4 is 16.0 Å². The number of hydrogen-bond acceptors (Lipinski definition) is 4. The van der Waals surface area contributed by atoms with Crippen LogP contribution in [0.4, 0.5) is 0 Å². The van der Waals surface area contributed by atoms with E-state index in [1.165, 1.54) is 141 Å². The van der Waals surface area contributed by atoms with Crippen molar-refractivity contribution in [2.75, 3.05) is 5.75 Å². The van der Waals surface area contributed by atoms with Crippen LogP contribution in [0.3, 0.4) is 0 Å². The van der Waals surface area contributed by atoms with Crippen LogP contribution in [0.1, 0.15) is 200 Å². The van der Waals surface area contributed by atoms with Gasteiger partial charge in [0.25, 0.3) is 10.1 Å². The number of carbonyl (C=O) groups excluding carboxylic acids is 1. The first-order chi connectivity index (χ1) is 21.3. The molecule has 2 atom stereocenters. The van der Waals surface area contributed by atoms with Gasteiger partial charge in [0.2, 0.25) is 5.91 Å². The average molecular weight is 644 g/mol. The first-order valence-corrected chi connectivity index (χ1v) is 20.5. The molecule has 0 saturated heterocycles. The molecule has 6 nitrogen and oxygen atoms in total. The van der Waals surface area contributed by atoms with Crippen LogP contribution < -0.4 is 5.32 Å². The molecule has 0 fully saturated rings. The van der Waals surface area contributed by atoms with Gasteiger partial charge in [-0.05, 0) is 19.3 Å². The molecule has 0 spiro atoms. The summed E-state index contributed by atoms with van der Waals surface area (Å²) in [6, 6.07) is -1.05. The molecule has 0 aliphatic carbocycles. The molecule has 0 radical (unpaired) electrons. The van der Waals surface area contributed by atoms with Gasteiger partial charge >= 0.3 is 0 Å². The molecule has 262 valence electrons. The average Bonchev–Trinajstić information content (AvgIpc) is 2.98. The van der Waals surface area contributed by atoms with Crippen LogP contribution in [-0.2, 0) is 14.9 Å². The Labute approximate surface area is 273 Å². The third kappa shape index (κ3) is 32.5. The fourth-order valence-corrected chi connectivity index (χ4v) is 6.60. The first-order valence-electron chi connectivity index (χ1n) is 18.9. The molecule has 0 aliphatic heterocycles. The van der Waals surface area contributed by atoms with E-state index in [1.807, 2.05) is 6.08 Å². The molecule has 0 heterocycles. The summed E-state index contributed by atoms with van der Waals surface area (Å²) in [5.74, 6) is -0.969. The lowest BCUT2D eigenvalue weighted by molar-refractivity contribution is -0.122. The van der Waals surface area contributed by atoms with Crippen molar-refractivity contribution in [1.29, 1.82) is 0 Å². The van der Waals surface area contributed by atoms with E-state index in [4.69, 9.17) is 0 Å². The topological polar surface area (TPSA) is 104 Å². The zero-order chi connectivity index (χ0) is 32.6. The predicted octanol–water partition coefficient (Wildman–Crippen LogP) is 10.6. The number of amides is 1. The quantitative estimate of drug-likeness (QED) is 0.0368. The number of unbranched alkanes of at least 4 members (excludes halogenated alkanes) is 26. The van der Waals surface area contributed by atoms with E-state index in [1.54, 1.807) is 6.08 Å². The molecular weight excluding hydrogens is 570 g/mol. The number of aliphatic hydroxyl groups excluding tert-OH is 1. The molecular formula is C37H73NO5S. The maximum Gasteiger partial charge on any atom is 0.267 e. The standard InChI is InChI=1S/C37H73NO5S/c1-3-5-7-9-11-13-15-17-18-19-20-21-23-25-27-29-31-33-37(40)38-35(34-44(41,42)43)36(39)32-30-28-26-24-22-16-14-12-10-8-6-4-2/h30,32,35-36,39H,3-29,31,33-34H2,1-2H3,(H,38,40)(H,41,42,43)/b32-30+. The van der Waals surface area contributed by atoms with Gasteiger partial charge < -0.3 is 10.4 Å². The number of rotatable bonds is 34. The Morgan fingerprint density at radius 3 is 1.30 bits per heavy atom. The van der Waals surface area contributed by atoms with E-state index in [2.05, 4.69) is 19.2 Å². The van der Waals surface area contributed by atoms with Crippen molar-refractivity contribution in [3.8, 4) is 0 Å². The van der Waals surface area contributed by atoms with Crippen LogP contribution in [0.25, 0.3) is 0 Å². The Kier molecular flexibility index (Phi) is 31.4. The highest BCUT2D eigenvalue weighted by atomic mass is 32.2. The highest BCUT2D eigenvalue weighted by Gasteiger charge is 2.24. The summed E-state index contributed by atoms with van der Waals surface area (Å²) in [5, 5.41) is 13.2. The highest BCUT2D eigenvalue weighted by Crippen LogP contribution is 2.15. The normalized spacial score (nSPS) is 13.5. The zero-order valence-electron chi connectivity index (χ0n) is 29.1. The lowest BCUT2D eigenvalue weighted by Crippen LogP contribution is -2.46. The molecule has 0 aromatic carbocycles. The van der Waals surface area contributed by atoms with Gasteiger partial charge in [-0.15, -0.1) is 0 Å². The molecule has 2 unspecified atom stereocenters. The molecule has 0 bridgehead atoms. The van der Waals surface area contributed by atoms with E-state index in [9.17, 15) is 22.9 Å². The summed E-state index contributed by atoms with van der Waals surface area (Å²) >= 11 is 0. The summed E-state index contributed by atoms with van der Waals surface area (Å²) in [4.78, 5) is 12.5. The fourth-order valence-electron chi connectivity index (χ4n) is 5.86. The zero-order valence-corrected chi connectivity index (χ0v) is 29.9. The van der Waals surface area contributed by atoms with E-state index >= 15 is 0 Å². The number of nitrogens with one attached hydrogen (secondary N) is 1. The molecule has 0 aromatic rings. The monoisotopic (exact) mass is 644 g/mol. The second-order valence-corrected chi connectivity index (χ2v) is 14.7. The van der Waals surface area contributed by atoms with E-state index in [-0.39, 0.29) is 5.91 Å². The van der Waals surface area contributed by atoms with Crippen molar-refractivity contribution < 1.29 is 22.9 Å². The van der Waals surface area contributed by atoms with E-state index in [0.29, 0.717) is 6.42 Å². The number of aliphatic hydroxyl groups is 1. The Bertz CT molecular complexity index is 755. The largest absolute Gasteiger partial charge is 0.387 e. The second kappa shape index (κ2) is 32.0. The minimum Gasteiger partial charge on any atom is -0.387 e. The van der Waals surface area contributed by atoms with E-state index < -0.39 is 28.0 Å². The Balaban J connectivity index is 3.91. The molecule has 1 amide bonds. The van der Waals surface area contributed by atoms with Gasteiger partial charge in [0.15, 0.2) is 0 Å². The Morgan fingerprint density at radius 1 is 0.591 bits per heavy atom. The predicted molar refractivity (Wildman–Crippen MR) is 189 cm³/mol. The van der Waals surface area contributed by atoms with Crippen molar-refractivity contribution in [1.82, 2.24) is 5.32 Å². The van der Waals surface area contributed by atoms with E-state index in [0.717, 1.165) is 38.5 Å². The number of hydrogen-bond donors (Lipinski definition) is 3. The van der Waals surface area contributed by atoms with Crippen LogP contribution in [-0.4, -0.2) is 41.9 Å². The lowest BCUT2D eigenvalue weighted by Gasteiger charge is -2.21. The third-order valence-corrected chi connectivity index (χ3v) is 9.49. The smallest absolute Gasteiger partial charge is 0.267 e. The van der Waals surface area contributed by atoms with Gasteiger partial charge in [0.05, 0.1) is 17.9 Å². The van der Waals surface area contributed by atoms with Crippen molar-refractivity contribution in [3.05, 3.63) is 12.2 Å². The summed E-state index contributed by atoms with van der Waals surface area (Å²) in [7, 11) is -4.33. The molecule has 3 N–H and O–H groups in total. The molecule has 44 heavy (non-hydrogen) atoms. The number of allylic oxidation sites excluding steroid dienone is 1. The molecule has 0 saturated carbocycles. The van der Waals surface area contributed by atoms with Crippen LogP contribution in [0, 0.1) is 0 Å². The van der Waals surface area contributed by atoms with Crippen LogP contribution in [0.5, 0.6) is 0 Å². The Hall–Kier alpha value is -0.920. The highest BCUT2D eigenvalue weighted by molar-refractivity contribution is 7.85. The summed E-state index contributed by atoms with van der Waals surface area (Å²) in [5.41, 5.74) is 0. The summed E-state index contributed by atoms with van der Waals surface area (Å²) < 4.78 is 32.3. The van der Waals surface area contributed by atoms with Crippen molar-refractivity contribution in [2.45, 2.75) is 212 Å². The van der Waals surface area contributed by atoms with Crippen LogP contribution >= 0.6 is 0 Å². The summed E-state index contributed by atoms with van der Waals surface area (Å²) in [6.07, 6.45) is 37.6. The second-order valence-electron chi connectivity index (χ2n) is 13.2. The minimum atomic E-state index is -4.33. The molecule has 0 rings (SSSR count). The first kappa shape index (κ1) is 43.1. The minimum absolute atomic E-state index is 0.276. The Morgan fingerprint density at radius 2 is 0.932 bits per heavy atom. The van der Waals surface area contributed by atoms with Gasteiger partial charge in [-0.2, -0.15) is 8.42 Å². The van der Waals surface area contributed by atoms with Gasteiger partial charge in [-0.1, -0.05) is 187 Å². The van der Waals surface area contributed by atoms with Crippen LogP contribution in [0.15, 0.2) is 12.2 Å². The maximum absolute atomic E-state index is 12.5. The number of carbonyl (C=O) groups is 1. The fraction of sp³-hybridized carbons (Fsp3) is 0.919. The van der Waals surface area contributed by atoms with Crippen molar-refractivity contribution in [3.63, 3.8) is 0 Å². The summed E-state index contributed by atoms with van der Waals surface area (Å²) in [6.45, 7) is 4.50. The van der Waals surface area contributed by atoms with Crippen LogP contribution in [0.2, 0.25) is 0 Å². The lowest BCUT2D eigenvalue weighted by atomic mass is 10.0. The van der Waals surface area contributed by atoms with Crippen molar-refractivity contribution in [2.24, 2.45) is 0 Å². The van der Waals surface area contributed by atoms with Gasteiger partial charge in [-0.25, -0.2) is 0 Å². The van der Waals surface area contributed by atoms with Gasteiger partial charge in [0.1, 0.15) is 0 Å². The molecule has 0 aliphatic rings. The van der Waals surface area contributed by atoms with Gasteiger partial charge in [-0.3, -0.25) is 9.35 Å². The molecule has 0 aromatic heterocycles. The van der Waals surface area contributed by atoms with Gasteiger partial charge in [0, 0.05) is 6.42 Å².